The van der Waals surface area contributed by atoms with Crippen LogP contribution in [0.15, 0.2) is 12.2 Å². The van der Waals surface area contributed by atoms with E-state index in [0.717, 1.165) is 5.57 Å². The first-order valence-electron chi connectivity index (χ1n) is 2.93. The molecule has 0 heterocycles. The maximum absolute atomic E-state index is 10.6. The van der Waals surface area contributed by atoms with E-state index < -0.39 is 0 Å². The van der Waals surface area contributed by atoms with E-state index >= 15 is 0 Å². The summed E-state index contributed by atoms with van der Waals surface area (Å²) in [6, 6.07) is 0. The van der Waals surface area contributed by atoms with E-state index in [2.05, 4.69) is 6.58 Å². The van der Waals surface area contributed by atoms with E-state index in [0.29, 0.717) is 12.8 Å². The zero-order chi connectivity index (χ0) is 6.85. The van der Waals surface area contributed by atoms with Crippen molar-refractivity contribution in [1.29, 1.82) is 0 Å². The smallest absolute Gasteiger partial charge is 0.202 e. The van der Waals surface area contributed by atoms with E-state index in [9.17, 15) is 9.59 Å². The molecule has 0 unspecified atom stereocenters. The van der Waals surface area contributed by atoms with Crippen LogP contribution in [0.25, 0.3) is 0 Å². The third-order valence-corrected chi connectivity index (χ3v) is 1.43. The second-order valence-corrected chi connectivity index (χ2v) is 2.27. The average molecular weight is 124 g/mol. The van der Waals surface area contributed by atoms with Gasteiger partial charge in [0.05, 0.1) is 0 Å². The quantitative estimate of drug-likeness (QED) is 0.354. The van der Waals surface area contributed by atoms with Crippen molar-refractivity contribution in [2.24, 2.45) is 0 Å². The van der Waals surface area contributed by atoms with Crippen LogP contribution >= 0.6 is 0 Å². The van der Waals surface area contributed by atoms with Crippen molar-refractivity contribution in [3.05, 3.63) is 12.2 Å². The summed E-state index contributed by atoms with van der Waals surface area (Å²) in [4.78, 5) is 21.1. The van der Waals surface area contributed by atoms with Crippen LogP contribution in [-0.4, -0.2) is 11.6 Å². The van der Waals surface area contributed by atoms with Crippen LogP contribution in [0.5, 0.6) is 0 Å². The Morgan fingerprint density at radius 1 is 1.11 bits per heavy atom. The standard InChI is InChI=1S/C7H8O2/c1-5-2-3-6(8)7(9)4-5/h1-4H2. The fraction of sp³-hybridized carbons (Fsp3) is 0.429. The lowest BCUT2D eigenvalue weighted by atomic mass is 9.94. The molecule has 1 aliphatic carbocycles. The van der Waals surface area contributed by atoms with Gasteiger partial charge in [0.25, 0.3) is 0 Å². The number of hydrogen-bond acceptors (Lipinski definition) is 2. The number of Topliss-reactive ketones (excluding diaryl/α,β-unsaturated/α-hetero) is 2. The lowest BCUT2D eigenvalue weighted by molar-refractivity contribution is -0.137. The van der Waals surface area contributed by atoms with Gasteiger partial charge >= 0.3 is 0 Å². The lowest BCUT2D eigenvalue weighted by Crippen LogP contribution is -2.18. The van der Waals surface area contributed by atoms with Gasteiger partial charge in [-0.1, -0.05) is 12.2 Å². The van der Waals surface area contributed by atoms with Crippen LogP contribution in [0.1, 0.15) is 19.3 Å². The van der Waals surface area contributed by atoms with Crippen molar-refractivity contribution in [3.8, 4) is 0 Å². The summed E-state index contributed by atoms with van der Waals surface area (Å²) in [5.41, 5.74) is 0.889. The molecular weight excluding hydrogens is 116 g/mol. The van der Waals surface area contributed by atoms with Gasteiger partial charge in [-0.15, -0.1) is 0 Å². The molecule has 0 amide bonds. The summed E-state index contributed by atoms with van der Waals surface area (Å²) in [7, 11) is 0. The molecule has 1 aliphatic rings. The monoisotopic (exact) mass is 124 g/mol. The molecule has 2 heteroatoms. The van der Waals surface area contributed by atoms with Gasteiger partial charge in [0.15, 0.2) is 5.78 Å². The Kier molecular flexibility index (Phi) is 1.47. The molecule has 0 spiro atoms. The van der Waals surface area contributed by atoms with Crippen LogP contribution < -0.4 is 0 Å². The molecule has 48 valence electrons. The van der Waals surface area contributed by atoms with Gasteiger partial charge in [-0.25, -0.2) is 0 Å². The molecule has 1 fully saturated rings. The van der Waals surface area contributed by atoms with Gasteiger partial charge in [0.1, 0.15) is 0 Å². The Bertz CT molecular complexity index is 179. The van der Waals surface area contributed by atoms with E-state index in [1.165, 1.54) is 0 Å². The largest absolute Gasteiger partial charge is 0.291 e. The fourth-order valence-electron chi connectivity index (χ4n) is 0.844. The van der Waals surface area contributed by atoms with Gasteiger partial charge < -0.3 is 0 Å². The van der Waals surface area contributed by atoms with Crippen LogP contribution in [-0.2, 0) is 9.59 Å². The highest BCUT2D eigenvalue weighted by atomic mass is 16.2. The molecule has 0 bridgehead atoms. The summed E-state index contributed by atoms with van der Waals surface area (Å²) in [5, 5.41) is 0. The molecule has 0 aromatic carbocycles. The zero-order valence-electron chi connectivity index (χ0n) is 5.14. The lowest BCUT2D eigenvalue weighted by Gasteiger charge is -2.08. The number of allylic oxidation sites excluding steroid dienone is 1. The zero-order valence-corrected chi connectivity index (χ0v) is 5.14. The first-order chi connectivity index (χ1) is 4.20. The minimum absolute atomic E-state index is 0.234. The number of carbonyl (C=O) groups excluding carboxylic acids is 2. The van der Waals surface area contributed by atoms with Gasteiger partial charge in [0.2, 0.25) is 5.78 Å². The topological polar surface area (TPSA) is 34.1 Å². The molecule has 1 saturated carbocycles. The normalized spacial score (nSPS) is 20.7. The molecule has 0 aliphatic heterocycles. The van der Waals surface area contributed by atoms with E-state index in [1.807, 2.05) is 0 Å². The maximum Gasteiger partial charge on any atom is 0.202 e. The first-order valence-corrected chi connectivity index (χ1v) is 2.93. The second kappa shape index (κ2) is 2.13. The molecule has 0 N–H and O–H groups in total. The Labute approximate surface area is 53.6 Å². The summed E-state index contributed by atoms with van der Waals surface area (Å²) in [5.74, 6) is -0.506. The molecule has 9 heavy (non-hydrogen) atoms. The van der Waals surface area contributed by atoms with Crippen molar-refractivity contribution in [1.82, 2.24) is 0 Å². The highest BCUT2D eigenvalue weighted by Crippen LogP contribution is 2.15. The molecule has 1 rings (SSSR count). The maximum atomic E-state index is 10.6. The van der Waals surface area contributed by atoms with Crippen LogP contribution in [0.3, 0.4) is 0 Å². The molecular formula is C7H8O2. The highest BCUT2D eigenvalue weighted by Gasteiger charge is 2.19. The minimum atomic E-state index is -0.272. The molecule has 2 nitrogen and oxygen atoms in total. The summed E-state index contributed by atoms with van der Waals surface area (Å²) in [6.07, 6.45) is 1.35. The van der Waals surface area contributed by atoms with Crippen molar-refractivity contribution < 1.29 is 9.59 Å². The van der Waals surface area contributed by atoms with Gasteiger partial charge in [-0.05, 0) is 6.42 Å². The van der Waals surface area contributed by atoms with Gasteiger partial charge in [-0.2, -0.15) is 0 Å². The Hall–Kier alpha value is -0.920. The summed E-state index contributed by atoms with van der Waals surface area (Å²) in [6.45, 7) is 3.63. The SMILES string of the molecule is C=C1CCC(=O)C(=O)C1. The van der Waals surface area contributed by atoms with Crippen LogP contribution in [0, 0.1) is 0 Å². The molecule has 0 aromatic rings. The third kappa shape index (κ3) is 1.25. The third-order valence-electron chi connectivity index (χ3n) is 1.43. The number of carbonyl (C=O) groups is 2. The van der Waals surface area contributed by atoms with Crippen LogP contribution in [0.2, 0.25) is 0 Å². The predicted octanol–water partition coefficient (Wildman–Crippen LogP) is 0.865. The predicted molar refractivity (Wildman–Crippen MR) is 33.0 cm³/mol. The van der Waals surface area contributed by atoms with E-state index in [4.69, 9.17) is 0 Å². The first kappa shape index (κ1) is 6.20. The molecule has 0 atom stereocenters. The summed E-state index contributed by atoms with van der Waals surface area (Å²) < 4.78 is 0. The Morgan fingerprint density at radius 2 is 1.78 bits per heavy atom. The molecule has 0 saturated heterocycles. The van der Waals surface area contributed by atoms with E-state index in [1.54, 1.807) is 0 Å². The minimum Gasteiger partial charge on any atom is -0.291 e. The van der Waals surface area contributed by atoms with Crippen molar-refractivity contribution in [3.63, 3.8) is 0 Å². The van der Waals surface area contributed by atoms with Crippen molar-refractivity contribution in [2.45, 2.75) is 19.3 Å². The van der Waals surface area contributed by atoms with Gasteiger partial charge in [-0.3, -0.25) is 9.59 Å². The van der Waals surface area contributed by atoms with Gasteiger partial charge in [0, 0.05) is 12.8 Å². The average Bonchev–Trinajstić information content (AvgIpc) is 1.80. The van der Waals surface area contributed by atoms with Crippen LogP contribution in [0.4, 0.5) is 0 Å². The highest BCUT2D eigenvalue weighted by molar-refractivity contribution is 6.38. The van der Waals surface area contributed by atoms with E-state index in [-0.39, 0.29) is 18.0 Å². The molecule has 0 aromatic heterocycles. The Balaban J connectivity index is 2.64. The van der Waals surface area contributed by atoms with Crippen molar-refractivity contribution >= 4 is 11.6 Å². The Morgan fingerprint density at radius 3 is 2.22 bits per heavy atom. The van der Waals surface area contributed by atoms with Crippen molar-refractivity contribution in [2.75, 3.05) is 0 Å². The number of rotatable bonds is 0. The fourth-order valence-corrected chi connectivity index (χ4v) is 0.844. The summed E-state index contributed by atoms with van der Waals surface area (Å²) >= 11 is 0. The number of ketones is 2. The second-order valence-electron chi connectivity index (χ2n) is 2.27. The molecule has 0 radical (unpaired) electrons. The number of hydrogen-bond donors (Lipinski definition) is 0.